The fourth-order valence-electron chi connectivity index (χ4n) is 1.39. The summed E-state index contributed by atoms with van der Waals surface area (Å²) in [6.45, 7) is 2.00. The van der Waals surface area contributed by atoms with Gasteiger partial charge in [-0.3, -0.25) is 14.9 Å². The number of amides is 1. The van der Waals surface area contributed by atoms with Crippen LogP contribution in [0.3, 0.4) is 0 Å². The summed E-state index contributed by atoms with van der Waals surface area (Å²) in [4.78, 5) is 29.2. The van der Waals surface area contributed by atoms with Gasteiger partial charge in [-0.15, -0.1) is 0 Å². The number of halogens is 1. The number of anilines is 1. The first-order valence-electron chi connectivity index (χ1n) is 5.63. The number of carbonyl (C=O) groups is 1. The van der Waals surface area contributed by atoms with Crippen molar-refractivity contribution < 1.29 is 14.5 Å². The Hall–Kier alpha value is -2.00. The standard InChI is InChI=1S/C10H14ClN5O4/c1-6-8(16(18)19)9(15-10(11)14-6)13-5-7(17)12-3-4-20-2/h3-5H2,1-2H3,(H,12,17)(H,13,14,15). The van der Waals surface area contributed by atoms with Gasteiger partial charge < -0.3 is 15.4 Å². The number of aromatic nitrogens is 2. The van der Waals surface area contributed by atoms with Crippen LogP contribution in [-0.2, 0) is 9.53 Å². The van der Waals surface area contributed by atoms with E-state index in [-0.39, 0.29) is 34.9 Å². The molecule has 110 valence electrons. The second-order valence-electron chi connectivity index (χ2n) is 3.73. The normalized spacial score (nSPS) is 10.2. The highest BCUT2D eigenvalue weighted by atomic mass is 35.5. The number of hydrogen-bond donors (Lipinski definition) is 2. The van der Waals surface area contributed by atoms with Crippen LogP contribution < -0.4 is 10.6 Å². The van der Waals surface area contributed by atoms with Crippen molar-refractivity contribution in [3.63, 3.8) is 0 Å². The molecule has 10 heteroatoms. The van der Waals surface area contributed by atoms with Crippen LogP contribution in [0.25, 0.3) is 0 Å². The van der Waals surface area contributed by atoms with Gasteiger partial charge in [0.15, 0.2) is 0 Å². The number of hydrogen-bond acceptors (Lipinski definition) is 7. The van der Waals surface area contributed by atoms with Crippen molar-refractivity contribution in [3.8, 4) is 0 Å². The lowest BCUT2D eigenvalue weighted by molar-refractivity contribution is -0.385. The second-order valence-corrected chi connectivity index (χ2v) is 4.07. The molecule has 0 aliphatic rings. The molecule has 1 aromatic rings. The number of nitrogens with one attached hydrogen (secondary N) is 2. The maximum absolute atomic E-state index is 11.5. The first-order chi connectivity index (χ1) is 9.45. The first kappa shape index (κ1) is 16.1. The van der Waals surface area contributed by atoms with E-state index in [0.29, 0.717) is 13.2 Å². The van der Waals surface area contributed by atoms with Crippen LogP contribution in [0.5, 0.6) is 0 Å². The van der Waals surface area contributed by atoms with Gasteiger partial charge in [0.1, 0.15) is 5.69 Å². The molecule has 9 nitrogen and oxygen atoms in total. The smallest absolute Gasteiger partial charge is 0.332 e. The molecule has 1 aromatic heterocycles. The van der Waals surface area contributed by atoms with Crippen LogP contribution in [0.15, 0.2) is 0 Å². The zero-order valence-corrected chi connectivity index (χ0v) is 11.7. The molecule has 0 aliphatic carbocycles. The highest BCUT2D eigenvalue weighted by molar-refractivity contribution is 6.28. The molecule has 0 fully saturated rings. The molecule has 0 aliphatic heterocycles. The van der Waals surface area contributed by atoms with Gasteiger partial charge in [0, 0.05) is 13.7 Å². The third-order valence-electron chi connectivity index (χ3n) is 2.26. The third-order valence-corrected chi connectivity index (χ3v) is 2.43. The average molecular weight is 304 g/mol. The lowest BCUT2D eigenvalue weighted by atomic mass is 10.3. The Balaban J connectivity index is 2.72. The summed E-state index contributed by atoms with van der Waals surface area (Å²) in [5.74, 6) is -0.432. The highest BCUT2D eigenvalue weighted by Crippen LogP contribution is 2.26. The van der Waals surface area contributed by atoms with E-state index in [1.807, 2.05) is 0 Å². The van der Waals surface area contributed by atoms with Crippen LogP contribution in [0.1, 0.15) is 5.69 Å². The zero-order chi connectivity index (χ0) is 15.1. The van der Waals surface area contributed by atoms with Crippen molar-refractivity contribution >= 4 is 29.0 Å². The molecule has 0 radical (unpaired) electrons. The van der Waals surface area contributed by atoms with Crippen molar-refractivity contribution in [1.29, 1.82) is 0 Å². The maximum Gasteiger partial charge on any atom is 0.332 e. The van der Waals surface area contributed by atoms with Gasteiger partial charge >= 0.3 is 5.69 Å². The van der Waals surface area contributed by atoms with E-state index in [1.165, 1.54) is 14.0 Å². The molecule has 0 aromatic carbocycles. The Bertz CT molecular complexity index is 511. The molecule has 0 spiro atoms. The Labute approximate surface area is 119 Å². The lowest BCUT2D eigenvalue weighted by Gasteiger charge is -2.08. The van der Waals surface area contributed by atoms with Gasteiger partial charge in [0.05, 0.1) is 18.1 Å². The van der Waals surface area contributed by atoms with Crippen LogP contribution in [0, 0.1) is 17.0 Å². The highest BCUT2D eigenvalue weighted by Gasteiger charge is 2.21. The summed E-state index contributed by atoms with van der Waals surface area (Å²) in [7, 11) is 1.51. The minimum atomic E-state index is -0.628. The zero-order valence-electron chi connectivity index (χ0n) is 11.0. The fraction of sp³-hybridized carbons (Fsp3) is 0.500. The Morgan fingerprint density at radius 1 is 1.50 bits per heavy atom. The minimum Gasteiger partial charge on any atom is -0.383 e. The molecule has 0 saturated heterocycles. The van der Waals surface area contributed by atoms with Gasteiger partial charge in [-0.25, -0.2) is 4.98 Å². The molecule has 20 heavy (non-hydrogen) atoms. The number of carbonyl (C=O) groups excluding carboxylic acids is 1. The molecule has 0 saturated carbocycles. The Morgan fingerprint density at radius 2 is 2.20 bits per heavy atom. The quantitative estimate of drug-likeness (QED) is 0.326. The van der Waals surface area contributed by atoms with Crippen molar-refractivity contribution in [2.24, 2.45) is 0 Å². The lowest BCUT2D eigenvalue weighted by Crippen LogP contribution is -2.32. The van der Waals surface area contributed by atoms with Crippen LogP contribution >= 0.6 is 11.6 Å². The summed E-state index contributed by atoms with van der Waals surface area (Å²) >= 11 is 5.64. The van der Waals surface area contributed by atoms with Gasteiger partial charge in [-0.2, -0.15) is 4.98 Å². The van der Waals surface area contributed by atoms with E-state index in [1.54, 1.807) is 0 Å². The second kappa shape index (κ2) is 7.56. The monoisotopic (exact) mass is 303 g/mol. The van der Waals surface area contributed by atoms with Crippen molar-refractivity contribution in [1.82, 2.24) is 15.3 Å². The molecule has 2 N–H and O–H groups in total. The van der Waals surface area contributed by atoms with E-state index < -0.39 is 4.92 Å². The maximum atomic E-state index is 11.5. The van der Waals surface area contributed by atoms with Crippen molar-refractivity contribution in [3.05, 3.63) is 21.1 Å². The van der Waals surface area contributed by atoms with E-state index in [2.05, 4.69) is 20.6 Å². The summed E-state index contributed by atoms with van der Waals surface area (Å²) < 4.78 is 4.77. The average Bonchev–Trinajstić information content (AvgIpc) is 2.35. The number of ether oxygens (including phenoxy) is 1. The fourth-order valence-corrected chi connectivity index (χ4v) is 1.61. The number of nitro groups is 1. The molecule has 1 rings (SSSR count). The summed E-state index contributed by atoms with van der Waals surface area (Å²) in [6, 6.07) is 0. The van der Waals surface area contributed by atoms with Gasteiger partial charge in [0.2, 0.25) is 17.0 Å². The third kappa shape index (κ3) is 4.59. The molecular formula is C10H14ClN5O4. The number of rotatable bonds is 7. The molecule has 0 bridgehead atoms. The molecule has 1 heterocycles. The number of nitrogens with zero attached hydrogens (tertiary/aromatic N) is 3. The topological polar surface area (TPSA) is 119 Å². The molecule has 0 atom stereocenters. The van der Waals surface area contributed by atoms with Gasteiger partial charge in [0.25, 0.3) is 0 Å². The predicted octanol–water partition coefficient (Wildman–Crippen LogP) is 0.521. The first-order valence-corrected chi connectivity index (χ1v) is 6.01. The minimum absolute atomic E-state index is 0.0885. The summed E-state index contributed by atoms with van der Waals surface area (Å²) in [6.07, 6.45) is 0. The Kier molecular flexibility index (Phi) is 6.07. The van der Waals surface area contributed by atoms with E-state index in [0.717, 1.165) is 0 Å². The Morgan fingerprint density at radius 3 is 2.80 bits per heavy atom. The van der Waals surface area contributed by atoms with Crippen LogP contribution in [-0.4, -0.2) is 47.6 Å². The van der Waals surface area contributed by atoms with Gasteiger partial charge in [-0.1, -0.05) is 0 Å². The van der Waals surface area contributed by atoms with E-state index in [9.17, 15) is 14.9 Å². The molecular weight excluding hydrogens is 290 g/mol. The summed E-state index contributed by atoms with van der Waals surface area (Å²) in [5, 5.41) is 15.9. The van der Waals surface area contributed by atoms with Crippen LogP contribution in [0.2, 0.25) is 5.28 Å². The molecule has 1 amide bonds. The largest absolute Gasteiger partial charge is 0.383 e. The summed E-state index contributed by atoms with van der Waals surface area (Å²) in [5.41, 5.74) is -0.184. The SMILES string of the molecule is COCCNC(=O)CNc1nc(Cl)nc(C)c1[N+](=O)[O-]. The van der Waals surface area contributed by atoms with E-state index >= 15 is 0 Å². The molecule has 0 unspecified atom stereocenters. The number of methoxy groups -OCH3 is 1. The number of aryl methyl sites for hydroxylation is 1. The van der Waals surface area contributed by atoms with Crippen molar-refractivity contribution in [2.45, 2.75) is 6.92 Å². The van der Waals surface area contributed by atoms with E-state index in [4.69, 9.17) is 16.3 Å². The predicted molar refractivity (Wildman–Crippen MR) is 71.8 cm³/mol. The van der Waals surface area contributed by atoms with Gasteiger partial charge in [-0.05, 0) is 18.5 Å². The van der Waals surface area contributed by atoms with Crippen molar-refractivity contribution in [2.75, 3.05) is 32.1 Å². The van der Waals surface area contributed by atoms with Crippen LogP contribution in [0.4, 0.5) is 11.5 Å².